The maximum atomic E-state index is 3.74. The first-order valence-corrected chi connectivity index (χ1v) is 7.00. The molecule has 0 unspecified atom stereocenters. The Labute approximate surface area is 114 Å². The van der Waals surface area contributed by atoms with Crippen molar-refractivity contribution in [1.82, 2.24) is 0 Å². The Morgan fingerprint density at radius 1 is 0.895 bits per heavy atom. The van der Waals surface area contributed by atoms with E-state index in [9.17, 15) is 0 Å². The lowest BCUT2D eigenvalue weighted by molar-refractivity contribution is 0.425. The second kappa shape index (κ2) is 4.27. The van der Waals surface area contributed by atoms with Crippen molar-refractivity contribution in [3.05, 3.63) is 77.9 Å². The minimum absolute atomic E-state index is 0.427. The van der Waals surface area contributed by atoms with Crippen molar-refractivity contribution in [2.24, 2.45) is 5.92 Å². The lowest BCUT2D eigenvalue weighted by Gasteiger charge is -2.37. The molecule has 2 aromatic rings. The number of nitrogens with one attached hydrogen (secondary N) is 1. The fourth-order valence-corrected chi connectivity index (χ4v) is 3.53. The van der Waals surface area contributed by atoms with E-state index in [4.69, 9.17) is 0 Å². The van der Waals surface area contributed by atoms with Gasteiger partial charge in [-0.05, 0) is 29.5 Å². The molecule has 0 radical (unpaired) electrons. The fraction of sp³-hybridized carbons (Fsp3) is 0.222. The Balaban J connectivity index is 1.80. The molecule has 0 saturated carbocycles. The first kappa shape index (κ1) is 10.9. The molecule has 1 heteroatoms. The Bertz CT molecular complexity index is 615. The third kappa shape index (κ3) is 1.69. The molecule has 1 heterocycles. The van der Waals surface area contributed by atoms with Crippen LogP contribution in [0.15, 0.2) is 66.7 Å². The summed E-state index contributed by atoms with van der Waals surface area (Å²) in [5.41, 5.74) is 4.15. The molecule has 1 nitrogen and oxygen atoms in total. The van der Waals surface area contributed by atoms with Gasteiger partial charge < -0.3 is 5.32 Å². The van der Waals surface area contributed by atoms with E-state index in [2.05, 4.69) is 72.1 Å². The van der Waals surface area contributed by atoms with Gasteiger partial charge in [0.1, 0.15) is 0 Å². The summed E-state index contributed by atoms with van der Waals surface area (Å²) in [6.45, 7) is 0. The number of hydrogen-bond acceptors (Lipinski definition) is 1. The van der Waals surface area contributed by atoms with Gasteiger partial charge in [-0.15, -0.1) is 0 Å². The Kier molecular flexibility index (Phi) is 2.44. The lowest BCUT2D eigenvalue weighted by Crippen LogP contribution is -2.28. The number of hydrogen-bond donors (Lipinski definition) is 1. The Hall–Kier alpha value is -2.02. The van der Waals surface area contributed by atoms with Crippen molar-refractivity contribution in [2.75, 3.05) is 5.32 Å². The summed E-state index contributed by atoms with van der Waals surface area (Å²) in [4.78, 5) is 0. The van der Waals surface area contributed by atoms with E-state index in [1.807, 2.05) is 0 Å². The van der Waals surface area contributed by atoms with Gasteiger partial charge in [-0.3, -0.25) is 0 Å². The molecular formula is C18H17N. The van der Waals surface area contributed by atoms with Crippen LogP contribution in [0.5, 0.6) is 0 Å². The molecule has 4 rings (SSSR count). The number of para-hydroxylation sites is 1. The van der Waals surface area contributed by atoms with E-state index in [1.54, 1.807) is 0 Å². The highest BCUT2D eigenvalue weighted by atomic mass is 15.0. The molecule has 3 atom stereocenters. The van der Waals surface area contributed by atoms with E-state index in [1.165, 1.54) is 23.2 Å². The summed E-state index contributed by atoms with van der Waals surface area (Å²) < 4.78 is 0. The zero-order chi connectivity index (χ0) is 12.7. The quantitative estimate of drug-likeness (QED) is 0.731. The largest absolute Gasteiger partial charge is 0.378 e. The molecule has 1 aliphatic carbocycles. The van der Waals surface area contributed by atoms with Crippen LogP contribution in [0.1, 0.15) is 29.5 Å². The molecule has 94 valence electrons. The number of rotatable bonds is 1. The lowest BCUT2D eigenvalue weighted by atomic mass is 9.77. The van der Waals surface area contributed by atoms with Crippen molar-refractivity contribution in [3.8, 4) is 0 Å². The highest BCUT2D eigenvalue weighted by Gasteiger charge is 2.37. The summed E-state index contributed by atoms with van der Waals surface area (Å²) in [6, 6.07) is 20.0. The first-order chi connectivity index (χ1) is 9.43. The van der Waals surface area contributed by atoms with Crippen LogP contribution in [0.3, 0.4) is 0 Å². The number of anilines is 1. The van der Waals surface area contributed by atoms with Gasteiger partial charge in [0.25, 0.3) is 0 Å². The van der Waals surface area contributed by atoms with E-state index >= 15 is 0 Å². The maximum Gasteiger partial charge on any atom is 0.0553 e. The van der Waals surface area contributed by atoms with Crippen molar-refractivity contribution >= 4 is 5.69 Å². The standard InChI is InChI=1S/C18H17N/c1-2-7-13(8-3-1)18-16-11-6-10-14(16)15-9-4-5-12-17(15)19-18/h1-10,12,14,16,18-19H,11H2/t14-,16+,18-/m1/s1. The molecule has 19 heavy (non-hydrogen) atoms. The third-order valence-electron chi connectivity index (χ3n) is 4.43. The van der Waals surface area contributed by atoms with E-state index in [0.717, 1.165) is 0 Å². The topological polar surface area (TPSA) is 12.0 Å². The normalized spacial score (nSPS) is 27.5. The van der Waals surface area contributed by atoms with Gasteiger partial charge in [-0.1, -0.05) is 60.7 Å². The van der Waals surface area contributed by atoms with Gasteiger partial charge in [0.05, 0.1) is 6.04 Å². The predicted molar refractivity (Wildman–Crippen MR) is 79.2 cm³/mol. The summed E-state index contributed by atoms with van der Waals surface area (Å²) in [5, 5.41) is 3.74. The minimum atomic E-state index is 0.427. The monoisotopic (exact) mass is 247 g/mol. The molecule has 0 aromatic heterocycles. The summed E-state index contributed by atoms with van der Waals surface area (Å²) in [5.74, 6) is 1.22. The highest BCUT2D eigenvalue weighted by molar-refractivity contribution is 5.59. The van der Waals surface area contributed by atoms with E-state index in [-0.39, 0.29) is 0 Å². The van der Waals surface area contributed by atoms with E-state index < -0.39 is 0 Å². The second-order valence-corrected chi connectivity index (χ2v) is 5.47. The number of allylic oxidation sites excluding steroid dienone is 2. The predicted octanol–water partition coefficient (Wildman–Crippen LogP) is 4.51. The van der Waals surface area contributed by atoms with Gasteiger partial charge in [-0.25, -0.2) is 0 Å². The van der Waals surface area contributed by atoms with Crippen LogP contribution >= 0.6 is 0 Å². The summed E-state index contributed by atoms with van der Waals surface area (Å²) in [7, 11) is 0. The van der Waals surface area contributed by atoms with Gasteiger partial charge in [-0.2, -0.15) is 0 Å². The van der Waals surface area contributed by atoms with Crippen LogP contribution < -0.4 is 5.32 Å². The molecule has 2 aromatic carbocycles. The third-order valence-corrected chi connectivity index (χ3v) is 4.43. The summed E-state index contributed by atoms with van der Waals surface area (Å²) >= 11 is 0. The van der Waals surface area contributed by atoms with Gasteiger partial charge in [0, 0.05) is 11.6 Å². The smallest absolute Gasteiger partial charge is 0.0553 e. The fourth-order valence-electron chi connectivity index (χ4n) is 3.53. The van der Waals surface area contributed by atoms with Crippen LogP contribution in [0.25, 0.3) is 0 Å². The van der Waals surface area contributed by atoms with Crippen molar-refractivity contribution in [3.63, 3.8) is 0 Å². The Morgan fingerprint density at radius 3 is 2.58 bits per heavy atom. The summed E-state index contributed by atoms with van der Waals surface area (Å²) in [6.07, 6.45) is 5.90. The van der Waals surface area contributed by atoms with Crippen LogP contribution in [0.4, 0.5) is 5.69 Å². The molecular weight excluding hydrogens is 230 g/mol. The first-order valence-electron chi connectivity index (χ1n) is 7.00. The van der Waals surface area contributed by atoms with Crippen LogP contribution in [-0.2, 0) is 0 Å². The molecule has 0 saturated heterocycles. The molecule has 0 bridgehead atoms. The highest BCUT2D eigenvalue weighted by Crippen LogP contribution is 2.49. The van der Waals surface area contributed by atoms with Crippen molar-refractivity contribution in [2.45, 2.75) is 18.4 Å². The average Bonchev–Trinajstić information content (AvgIpc) is 2.97. The molecule has 2 aliphatic rings. The van der Waals surface area contributed by atoms with Crippen LogP contribution in [-0.4, -0.2) is 0 Å². The molecule has 0 amide bonds. The molecule has 1 N–H and O–H groups in total. The Morgan fingerprint density at radius 2 is 1.68 bits per heavy atom. The molecule has 0 spiro atoms. The zero-order valence-electron chi connectivity index (χ0n) is 10.8. The zero-order valence-corrected chi connectivity index (χ0v) is 10.8. The number of fused-ring (bicyclic) bond motifs is 3. The molecule has 0 fully saturated rings. The number of benzene rings is 2. The minimum Gasteiger partial charge on any atom is -0.378 e. The maximum absolute atomic E-state index is 3.74. The van der Waals surface area contributed by atoms with Crippen molar-refractivity contribution < 1.29 is 0 Å². The molecule has 1 aliphatic heterocycles. The van der Waals surface area contributed by atoms with Gasteiger partial charge >= 0.3 is 0 Å². The van der Waals surface area contributed by atoms with Gasteiger partial charge in [0.2, 0.25) is 0 Å². The van der Waals surface area contributed by atoms with E-state index in [0.29, 0.717) is 17.9 Å². The van der Waals surface area contributed by atoms with Crippen LogP contribution in [0.2, 0.25) is 0 Å². The second-order valence-electron chi connectivity index (χ2n) is 5.47. The van der Waals surface area contributed by atoms with Crippen LogP contribution in [0, 0.1) is 5.92 Å². The average molecular weight is 247 g/mol. The SMILES string of the molecule is C1=C[C@@H]2c3ccccc3N[C@H](c3ccccc3)[C@H]2C1. The van der Waals surface area contributed by atoms with Crippen molar-refractivity contribution in [1.29, 1.82) is 0 Å². The van der Waals surface area contributed by atoms with Gasteiger partial charge in [0.15, 0.2) is 0 Å².